The van der Waals surface area contributed by atoms with E-state index in [1.807, 2.05) is 30.3 Å². The maximum atomic E-state index is 12.4. The lowest BCUT2D eigenvalue weighted by molar-refractivity contribution is 0.102. The Morgan fingerprint density at radius 2 is 1.84 bits per heavy atom. The van der Waals surface area contributed by atoms with Crippen LogP contribution in [0.3, 0.4) is 0 Å². The molecule has 0 fully saturated rings. The summed E-state index contributed by atoms with van der Waals surface area (Å²) in [5.74, 6) is 0.440. The van der Waals surface area contributed by atoms with E-state index in [-0.39, 0.29) is 11.9 Å². The highest BCUT2D eigenvalue weighted by molar-refractivity contribution is 6.30. The predicted molar refractivity (Wildman–Crippen MR) is 102 cm³/mol. The Labute approximate surface area is 151 Å². The van der Waals surface area contributed by atoms with Gasteiger partial charge in [-0.2, -0.15) is 0 Å². The summed E-state index contributed by atoms with van der Waals surface area (Å²) in [5, 5.41) is 6.72. The van der Waals surface area contributed by atoms with E-state index >= 15 is 0 Å². The first-order chi connectivity index (χ1) is 12.1. The van der Waals surface area contributed by atoms with Gasteiger partial charge in [0.25, 0.3) is 5.91 Å². The molecule has 5 heteroatoms. The molecule has 3 aromatic rings. The summed E-state index contributed by atoms with van der Waals surface area (Å²) >= 11 is 5.94. The van der Waals surface area contributed by atoms with Crippen LogP contribution in [0.1, 0.15) is 28.9 Å². The van der Waals surface area contributed by atoms with E-state index in [0.29, 0.717) is 22.1 Å². The lowest BCUT2D eigenvalue weighted by atomic mass is 10.1. The highest BCUT2D eigenvalue weighted by atomic mass is 35.5. The van der Waals surface area contributed by atoms with Crippen molar-refractivity contribution in [1.29, 1.82) is 0 Å². The van der Waals surface area contributed by atoms with Crippen LogP contribution >= 0.6 is 11.6 Å². The number of amides is 1. The maximum absolute atomic E-state index is 12.4. The van der Waals surface area contributed by atoms with Gasteiger partial charge in [-0.3, -0.25) is 4.79 Å². The lowest BCUT2D eigenvalue weighted by Gasteiger charge is -2.15. The molecule has 0 radical (unpaired) electrons. The second kappa shape index (κ2) is 7.81. The molecule has 2 N–H and O–H groups in total. The fraction of sp³-hybridized carbons (Fsp3) is 0.100. The summed E-state index contributed by atoms with van der Waals surface area (Å²) in [6.07, 6.45) is 1.62. The zero-order valence-electron chi connectivity index (χ0n) is 13.7. The Bertz CT molecular complexity index is 868. The van der Waals surface area contributed by atoms with Gasteiger partial charge in [0.2, 0.25) is 0 Å². The van der Waals surface area contributed by atoms with Gasteiger partial charge in [0.1, 0.15) is 5.82 Å². The molecule has 1 heterocycles. The van der Waals surface area contributed by atoms with Crippen molar-refractivity contribution in [2.24, 2.45) is 0 Å². The quantitative estimate of drug-likeness (QED) is 0.667. The third-order valence-electron chi connectivity index (χ3n) is 3.77. The fourth-order valence-electron chi connectivity index (χ4n) is 2.47. The zero-order valence-corrected chi connectivity index (χ0v) is 14.5. The molecule has 126 valence electrons. The number of benzene rings is 2. The van der Waals surface area contributed by atoms with Crippen LogP contribution in [0, 0.1) is 0 Å². The number of anilines is 2. The van der Waals surface area contributed by atoms with Crippen LogP contribution in [0.4, 0.5) is 11.5 Å². The van der Waals surface area contributed by atoms with Gasteiger partial charge in [0.15, 0.2) is 0 Å². The number of halogens is 1. The van der Waals surface area contributed by atoms with Crippen molar-refractivity contribution in [2.75, 3.05) is 10.6 Å². The van der Waals surface area contributed by atoms with Crippen LogP contribution < -0.4 is 10.6 Å². The standard InChI is InChI=1S/C20H18ClN3O/c1-14(15-6-3-2-4-7-15)23-19-12-16(10-11-22-19)20(25)24-18-9-5-8-17(21)13-18/h2-14H,1H3,(H,22,23)(H,24,25). The van der Waals surface area contributed by atoms with Crippen molar-refractivity contribution >= 4 is 29.0 Å². The first kappa shape index (κ1) is 17.0. The predicted octanol–water partition coefficient (Wildman–Crippen LogP) is 5.16. The SMILES string of the molecule is CC(Nc1cc(C(=O)Nc2cccc(Cl)c2)ccn1)c1ccccc1. The number of aromatic nitrogens is 1. The summed E-state index contributed by atoms with van der Waals surface area (Å²) in [5.41, 5.74) is 2.33. The van der Waals surface area contributed by atoms with Crippen molar-refractivity contribution in [2.45, 2.75) is 13.0 Å². The summed E-state index contributed by atoms with van der Waals surface area (Å²) in [6, 6.07) is 20.6. The molecule has 0 saturated carbocycles. The Hall–Kier alpha value is -2.85. The third-order valence-corrected chi connectivity index (χ3v) is 4.00. The minimum Gasteiger partial charge on any atom is -0.364 e. The average molecular weight is 352 g/mol. The Morgan fingerprint density at radius 1 is 1.04 bits per heavy atom. The van der Waals surface area contributed by atoms with Gasteiger partial charge >= 0.3 is 0 Å². The average Bonchev–Trinajstić information content (AvgIpc) is 2.62. The molecule has 25 heavy (non-hydrogen) atoms. The van der Waals surface area contributed by atoms with Crippen LogP contribution in [0.5, 0.6) is 0 Å². The van der Waals surface area contributed by atoms with E-state index in [1.165, 1.54) is 0 Å². The van der Waals surface area contributed by atoms with Crippen LogP contribution in [0.25, 0.3) is 0 Å². The van der Waals surface area contributed by atoms with Gasteiger partial charge in [-0.25, -0.2) is 4.98 Å². The van der Waals surface area contributed by atoms with Crippen molar-refractivity contribution in [3.8, 4) is 0 Å². The van der Waals surface area contributed by atoms with Gasteiger partial charge < -0.3 is 10.6 Å². The van der Waals surface area contributed by atoms with Gasteiger partial charge in [-0.05, 0) is 42.8 Å². The number of rotatable bonds is 5. The second-order valence-electron chi connectivity index (χ2n) is 5.67. The van der Waals surface area contributed by atoms with Crippen LogP contribution in [-0.4, -0.2) is 10.9 Å². The van der Waals surface area contributed by atoms with E-state index in [9.17, 15) is 4.79 Å². The highest BCUT2D eigenvalue weighted by Gasteiger charge is 2.10. The molecule has 0 spiro atoms. The molecule has 3 rings (SSSR count). The maximum Gasteiger partial charge on any atom is 0.255 e. The Kier molecular flexibility index (Phi) is 5.31. The number of nitrogens with one attached hydrogen (secondary N) is 2. The molecule has 0 aliphatic carbocycles. The molecule has 0 aliphatic rings. The van der Waals surface area contributed by atoms with Crippen molar-refractivity contribution < 1.29 is 4.79 Å². The lowest BCUT2D eigenvalue weighted by Crippen LogP contribution is -2.13. The minimum absolute atomic E-state index is 0.0833. The number of pyridine rings is 1. The topological polar surface area (TPSA) is 54.0 Å². The molecule has 1 amide bonds. The second-order valence-corrected chi connectivity index (χ2v) is 6.11. The number of hydrogen-bond acceptors (Lipinski definition) is 3. The van der Waals surface area contributed by atoms with E-state index in [4.69, 9.17) is 11.6 Å². The monoisotopic (exact) mass is 351 g/mol. The zero-order chi connectivity index (χ0) is 17.6. The van der Waals surface area contributed by atoms with E-state index in [2.05, 4.69) is 22.5 Å². The Balaban J connectivity index is 1.71. The summed E-state index contributed by atoms with van der Waals surface area (Å²) < 4.78 is 0. The number of carbonyl (C=O) groups excluding carboxylic acids is 1. The summed E-state index contributed by atoms with van der Waals surface area (Å²) in [7, 11) is 0. The number of hydrogen-bond donors (Lipinski definition) is 2. The summed E-state index contributed by atoms with van der Waals surface area (Å²) in [4.78, 5) is 16.7. The molecular weight excluding hydrogens is 334 g/mol. The first-order valence-electron chi connectivity index (χ1n) is 7.96. The van der Waals surface area contributed by atoms with Gasteiger partial charge in [0, 0.05) is 28.5 Å². The molecule has 0 saturated heterocycles. The van der Waals surface area contributed by atoms with Crippen LogP contribution in [-0.2, 0) is 0 Å². The largest absolute Gasteiger partial charge is 0.364 e. The smallest absolute Gasteiger partial charge is 0.255 e. The molecule has 0 bridgehead atoms. The highest BCUT2D eigenvalue weighted by Crippen LogP contribution is 2.19. The molecule has 4 nitrogen and oxygen atoms in total. The van der Waals surface area contributed by atoms with Crippen LogP contribution in [0.15, 0.2) is 72.9 Å². The molecule has 2 aromatic carbocycles. The van der Waals surface area contributed by atoms with Crippen molar-refractivity contribution in [3.05, 3.63) is 89.1 Å². The molecule has 0 aliphatic heterocycles. The minimum atomic E-state index is -0.208. The molecule has 1 atom stereocenters. The number of carbonyl (C=O) groups is 1. The molecular formula is C20H18ClN3O. The normalized spacial score (nSPS) is 11.6. The summed E-state index contributed by atoms with van der Waals surface area (Å²) in [6.45, 7) is 2.05. The third kappa shape index (κ3) is 4.58. The Morgan fingerprint density at radius 3 is 2.60 bits per heavy atom. The van der Waals surface area contributed by atoms with E-state index in [0.717, 1.165) is 5.56 Å². The number of nitrogens with zero attached hydrogens (tertiary/aromatic N) is 1. The van der Waals surface area contributed by atoms with Crippen molar-refractivity contribution in [3.63, 3.8) is 0 Å². The molecule has 1 aromatic heterocycles. The molecule has 1 unspecified atom stereocenters. The van der Waals surface area contributed by atoms with Gasteiger partial charge in [0.05, 0.1) is 0 Å². The fourth-order valence-corrected chi connectivity index (χ4v) is 2.66. The van der Waals surface area contributed by atoms with Crippen LogP contribution in [0.2, 0.25) is 5.02 Å². The first-order valence-corrected chi connectivity index (χ1v) is 8.34. The van der Waals surface area contributed by atoms with E-state index < -0.39 is 0 Å². The van der Waals surface area contributed by atoms with E-state index in [1.54, 1.807) is 42.6 Å². The van der Waals surface area contributed by atoms with Gasteiger partial charge in [-0.15, -0.1) is 0 Å². The van der Waals surface area contributed by atoms with Gasteiger partial charge in [-0.1, -0.05) is 48.0 Å². The van der Waals surface area contributed by atoms with Crippen molar-refractivity contribution in [1.82, 2.24) is 4.98 Å².